The monoisotopic (exact) mass is 280 g/mol. The summed E-state index contributed by atoms with van der Waals surface area (Å²) in [7, 11) is 3.18. The summed E-state index contributed by atoms with van der Waals surface area (Å²) in [6, 6.07) is 0. The lowest BCUT2D eigenvalue weighted by molar-refractivity contribution is -0.150. The van der Waals surface area contributed by atoms with E-state index in [1.54, 1.807) is 6.92 Å². The molecule has 0 aromatic rings. The Kier molecular flexibility index (Phi) is 11.0. The van der Waals surface area contributed by atoms with Crippen LogP contribution < -0.4 is 10.6 Å². The Bertz CT molecular complexity index is 262. The maximum Gasteiger partial charge on any atom is 0.331 e. The van der Waals surface area contributed by atoms with E-state index in [2.05, 4.69) is 10.6 Å². The molecule has 0 saturated heterocycles. The highest BCUT2D eigenvalue weighted by molar-refractivity contribution is 5.87. The molecule has 1 unspecified atom stereocenters. The zero-order valence-corrected chi connectivity index (χ0v) is 12.5. The first-order valence-electron chi connectivity index (χ1n) is 6.04. The van der Waals surface area contributed by atoms with Gasteiger partial charge in [-0.25, -0.2) is 4.79 Å². The molecule has 0 radical (unpaired) electrons. The van der Waals surface area contributed by atoms with Gasteiger partial charge in [-0.1, -0.05) is 13.3 Å². The highest BCUT2D eigenvalue weighted by Gasteiger charge is 2.34. The lowest BCUT2D eigenvalue weighted by Crippen LogP contribution is -2.52. The summed E-state index contributed by atoms with van der Waals surface area (Å²) in [6.45, 7) is 4.46. The fraction of sp³-hybridized carbons (Fsp3) is 0.833. The van der Waals surface area contributed by atoms with E-state index in [1.165, 1.54) is 7.11 Å². The van der Waals surface area contributed by atoms with Crippen LogP contribution in [-0.4, -0.2) is 38.1 Å². The molecule has 0 bridgehead atoms. The number of halogens is 1. The van der Waals surface area contributed by atoms with Gasteiger partial charge in [0.25, 0.3) is 0 Å². The van der Waals surface area contributed by atoms with E-state index in [0.29, 0.717) is 12.8 Å². The summed E-state index contributed by atoms with van der Waals surface area (Å²) >= 11 is 0. The van der Waals surface area contributed by atoms with Crippen LogP contribution >= 0.6 is 12.4 Å². The van der Waals surface area contributed by atoms with Crippen molar-refractivity contribution in [3.05, 3.63) is 0 Å². The third-order valence-electron chi connectivity index (χ3n) is 2.63. The highest BCUT2D eigenvalue weighted by Crippen LogP contribution is 2.14. The fourth-order valence-electron chi connectivity index (χ4n) is 1.74. The van der Waals surface area contributed by atoms with Crippen molar-refractivity contribution in [2.45, 2.75) is 45.1 Å². The van der Waals surface area contributed by atoms with Crippen molar-refractivity contribution in [1.29, 1.82) is 0 Å². The van der Waals surface area contributed by atoms with Crippen LogP contribution in [0.15, 0.2) is 0 Å². The second-order valence-corrected chi connectivity index (χ2v) is 4.33. The van der Waals surface area contributed by atoms with Crippen LogP contribution in [0.4, 0.5) is 0 Å². The molecule has 0 aliphatic rings. The maximum absolute atomic E-state index is 11.7. The number of hydrogen-bond donors (Lipinski definition) is 2. The number of hydrogen-bond acceptors (Lipinski definition) is 4. The average molecular weight is 281 g/mol. The second-order valence-electron chi connectivity index (χ2n) is 4.33. The van der Waals surface area contributed by atoms with Crippen molar-refractivity contribution in [2.75, 3.05) is 20.7 Å². The second kappa shape index (κ2) is 10.1. The smallest absolute Gasteiger partial charge is 0.331 e. The highest BCUT2D eigenvalue weighted by atomic mass is 35.5. The fourth-order valence-corrected chi connectivity index (χ4v) is 1.74. The van der Waals surface area contributed by atoms with Gasteiger partial charge in [-0.05, 0) is 33.4 Å². The van der Waals surface area contributed by atoms with Crippen LogP contribution in [0.25, 0.3) is 0 Å². The van der Waals surface area contributed by atoms with Crippen LogP contribution in [-0.2, 0) is 14.3 Å². The molecule has 0 spiro atoms. The van der Waals surface area contributed by atoms with Gasteiger partial charge >= 0.3 is 5.97 Å². The molecule has 0 fully saturated rings. The van der Waals surface area contributed by atoms with Crippen molar-refractivity contribution < 1.29 is 14.3 Å². The van der Waals surface area contributed by atoms with Crippen molar-refractivity contribution >= 4 is 24.3 Å². The first kappa shape index (κ1) is 19.5. The summed E-state index contributed by atoms with van der Waals surface area (Å²) in [6.07, 6.45) is 2.56. The molecule has 2 N–H and O–H groups in total. The zero-order valence-electron chi connectivity index (χ0n) is 11.7. The van der Waals surface area contributed by atoms with E-state index in [-0.39, 0.29) is 24.3 Å². The largest absolute Gasteiger partial charge is 0.467 e. The van der Waals surface area contributed by atoms with Crippen LogP contribution in [0, 0.1) is 0 Å². The Morgan fingerprint density at radius 1 is 1.33 bits per heavy atom. The predicted molar refractivity (Wildman–Crippen MR) is 73.9 cm³/mol. The van der Waals surface area contributed by atoms with E-state index in [1.807, 2.05) is 14.0 Å². The topological polar surface area (TPSA) is 67.4 Å². The van der Waals surface area contributed by atoms with Gasteiger partial charge in [0.05, 0.1) is 7.11 Å². The van der Waals surface area contributed by atoms with Crippen molar-refractivity contribution in [1.82, 2.24) is 10.6 Å². The number of nitrogens with one attached hydrogen (secondary N) is 2. The summed E-state index contributed by atoms with van der Waals surface area (Å²) in [5.41, 5.74) is -0.903. The minimum atomic E-state index is -0.903. The van der Waals surface area contributed by atoms with E-state index >= 15 is 0 Å². The number of carbonyl (C=O) groups is 2. The van der Waals surface area contributed by atoms with Gasteiger partial charge in [0.1, 0.15) is 5.54 Å². The Hall–Kier alpha value is -0.810. The summed E-state index contributed by atoms with van der Waals surface area (Å²) in [4.78, 5) is 23.3. The van der Waals surface area contributed by atoms with Gasteiger partial charge in [-0.15, -0.1) is 12.4 Å². The van der Waals surface area contributed by atoms with Crippen LogP contribution in [0.5, 0.6) is 0 Å². The van der Waals surface area contributed by atoms with Crippen LogP contribution in [0.3, 0.4) is 0 Å². The Balaban J connectivity index is 0. The SMILES string of the molecule is CCCC(C)(NC(=O)CCCNC)C(=O)OC.Cl. The molecular weight excluding hydrogens is 256 g/mol. The van der Waals surface area contributed by atoms with Crippen molar-refractivity contribution in [3.8, 4) is 0 Å². The molecule has 0 aliphatic carbocycles. The van der Waals surface area contributed by atoms with Gasteiger partial charge in [0, 0.05) is 6.42 Å². The van der Waals surface area contributed by atoms with E-state index in [4.69, 9.17) is 4.74 Å². The van der Waals surface area contributed by atoms with Crippen LogP contribution in [0.1, 0.15) is 39.5 Å². The van der Waals surface area contributed by atoms with E-state index in [9.17, 15) is 9.59 Å². The third kappa shape index (κ3) is 6.81. The molecule has 18 heavy (non-hydrogen) atoms. The summed E-state index contributed by atoms with van der Waals surface area (Å²) in [5.74, 6) is -0.497. The number of methoxy groups -OCH3 is 1. The van der Waals surface area contributed by atoms with Crippen molar-refractivity contribution in [2.24, 2.45) is 0 Å². The predicted octanol–water partition coefficient (Wildman–Crippen LogP) is 1.26. The first-order chi connectivity index (χ1) is 8.00. The Labute approximate surface area is 115 Å². The molecule has 0 aromatic heterocycles. The Morgan fingerprint density at radius 2 is 1.94 bits per heavy atom. The molecule has 0 aliphatic heterocycles. The van der Waals surface area contributed by atoms with Gasteiger partial charge in [0.2, 0.25) is 5.91 Å². The number of rotatable bonds is 8. The number of amides is 1. The normalized spacial score (nSPS) is 13.1. The standard InChI is InChI=1S/C12H24N2O3.ClH/c1-5-8-12(2,11(16)17-4)14-10(15)7-6-9-13-3;/h13H,5-9H2,1-4H3,(H,14,15);1H. The van der Waals surface area contributed by atoms with Gasteiger partial charge in [-0.3, -0.25) is 4.79 Å². The maximum atomic E-state index is 11.7. The number of ether oxygens (including phenoxy) is 1. The van der Waals surface area contributed by atoms with Gasteiger partial charge in [-0.2, -0.15) is 0 Å². The number of esters is 1. The molecule has 5 nitrogen and oxygen atoms in total. The molecule has 0 rings (SSSR count). The summed E-state index contributed by atoms with van der Waals surface area (Å²) < 4.78 is 4.73. The molecule has 108 valence electrons. The quantitative estimate of drug-likeness (QED) is 0.519. The van der Waals surface area contributed by atoms with Crippen molar-refractivity contribution in [3.63, 3.8) is 0 Å². The molecule has 0 heterocycles. The minimum absolute atomic E-state index is 0. The Morgan fingerprint density at radius 3 is 2.39 bits per heavy atom. The molecule has 0 aromatic carbocycles. The van der Waals surface area contributed by atoms with Gasteiger partial charge < -0.3 is 15.4 Å². The molecular formula is C12H25ClN2O3. The number of carbonyl (C=O) groups excluding carboxylic acids is 2. The molecule has 1 atom stereocenters. The first-order valence-corrected chi connectivity index (χ1v) is 6.04. The van der Waals surface area contributed by atoms with E-state index < -0.39 is 5.54 Å². The third-order valence-corrected chi connectivity index (χ3v) is 2.63. The molecule has 0 saturated carbocycles. The lowest BCUT2D eigenvalue weighted by Gasteiger charge is -2.27. The van der Waals surface area contributed by atoms with Gasteiger partial charge in [0.15, 0.2) is 0 Å². The average Bonchev–Trinajstić information content (AvgIpc) is 2.28. The van der Waals surface area contributed by atoms with E-state index in [0.717, 1.165) is 19.4 Å². The minimum Gasteiger partial charge on any atom is -0.467 e. The van der Waals surface area contributed by atoms with Crippen LogP contribution in [0.2, 0.25) is 0 Å². The zero-order chi connectivity index (χ0) is 13.3. The summed E-state index contributed by atoms with van der Waals surface area (Å²) in [5, 5.41) is 5.74. The lowest BCUT2D eigenvalue weighted by atomic mass is 9.96. The molecule has 1 amide bonds. The molecule has 6 heteroatoms.